The van der Waals surface area contributed by atoms with Gasteiger partial charge in [-0.3, -0.25) is 19.8 Å². The van der Waals surface area contributed by atoms with E-state index in [-0.39, 0.29) is 19.1 Å². The number of carbonyl (C=O) groups excluding carboxylic acids is 3. The van der Waals surface area contributed by atoms with Gasteiger partial charge in [-0.25, -0.2) is 4.79 Å². The molecule has 1 atom stereocenters. The van der Waals surface area contributed by atoms with Crippen molar-refractivity contribution in [2.24, 2.45) is 0 Å². The molecule has 1 saturated heterocycles. The van der Waals surface area contributed by atoms with Gasteiger partial charge < -0.3 is 10.1 Å². The molecule has 0 aliphatic carbocycles. The Bertz CT molecular complexity index is 370. The van der Waals surface area contributed by atoms with Gasteiger partial charge >= 0.3 is 12.0 Å². The molecule has 7 heteroatoms. The van der Waals surface area contributed by atoms with Crippen molar-refractivity contribution in [3.63, 3.8) is 0 Å². The summed E-state index contributed by atoms with van der Waals surface area (Å²) >= 11 is 0. The Kier molecular flexibility index (Phi) is 6.01. The fourth-order valence-corrected chi connectivity index (χ4v) is 1.98. The zero-order valence-electron chi connectivity index (χ0n) is 11.0. The van der Waals surface area contributed by atoms with Gasteiger partial charge in [0.15, 0.2) is 0 Å². The topological polar surface area (TPSA) is 87.7 Å². The van der Waals surface area contributed by atoms with Gasteiger partial charge in [-0.1, -0.05) is 6.08 Å². The first-order valence-corrected chi connectivity index (χ1v) is 6.09. The highest BCUT2D eigenvalue weighted by atomic mass is 16.5. The zero-order chi connectivity index (χ0) is 14.3. The third kappa shape index (κ3) is 4.70. The molecule has 1 heterocycles. The van der Waals surface area contributed by atoms with Crippen molar-refractivity contribution in [3.05, 3.63) is 12.7 Å². The Balaban J connectivity index is 2.41. The molecule has 7 nitrogen and oxygen atoms in total. The van der Waals surface area contributed by atoms with Crippen molar-refractivity contribution in [2.75, 3.05) is 26.7 Å². The van der Waals surface area contributed by atoms with Crippen molar-refractivity contribution in [1.82, 2.24) is 15.5 Å². The van der Waals surface area contributed by atoms with Crippen LogP contribution in [0, 0.1) is 0 Å². The number of nitrogens with one attached hydrogen (secondary N) is 2. The minimum atomic E-state index is -0.571. The molecule has 0 aromatic rings. The second kappa shape index (κ2) is 7.52. The molecule has 1 rings (SSSR count). The highest BCUT2D eigenvalue weighted by Gasteiger charge is 2.32. The van der Waals surface area contributed by atoms with Crippen LogP contribution in [0.4, 0.5) is 4.79 Å². The van der Waals surface area contributed by atoms with Gasteiger partial charge in [0.05, 0.1) is 13.7 Å². The molecule has 0 radical (unpaired) electrons. The van der Waals surface area contributed by atoms with Crippen LogP contribution < -0.4 is 10.6 Å². The molecule has 3 amide bonds. The molecule has 0 aromatic heterocycles. The molecule has 106 valence electrons. The number of likely N-dealkylation sites (tertiary alicyclic amines) is 1. The second-order valence-electron chi connectivity index (χ2n) is 4.20. The van der Waals surface area contributed by atoms with Gasteiger partial charge in [0.1, 0.15) is 6.04 Å². The monoisotopic (exact) mass is 269 g/mol. The Morgan fingerprint density at radius 3 is 2.84 bits per heavy atom. The van der Waals surface area contributed by atoms with Gasteiger partial charge in [0.25, 0.3) is 0 Å². The third-order valence-corrected chi connectivity index (χ3v) is 2.84. The van der Waals surface area contributed by atoms with E-state index in [1.807, 2.05) is 0 Å². The molecule has 2 N–H and O–H groups in total. The van der Waals surface area contributed by atoms with Crippen molar-refractivity contribution < 1.29 is 19.1 Å². The number of imide groups is 1. The van der Waals surface area contributed by atoms with Crippen LogP contribution in [0.2, 0.25) is 0 Å². The Labute approximate surface area is 112 Å². The van der Waals surface area contributed by atoms with Gasteiger partial charge in [-0.05, 0) is 19.4 Å². The average Bonchev–Trinajstić information content (AvgIpc) is 2.83. The Morgan fingerprint density at radius 1 is 1.47 bits per heavy atom. The number of carbonyl (C=O) groups is 3. The first-order valence-electron chi connectivity index (χ1n) is 6.09. The van der Waals surface area contributed by atoms with Gasteiger partial charge in [0, 0.05) is 6.54 Å². The first kappa shape index (κ1) is 15.2. The Hall–Kier alpha value is -1.89. The number of nitrogens with zero attached hydrogens (tertiary/aromatic N) is 1. The quantitative estimate of drug-likeness (QED) is 0.525. The van der Waals surface area contributed by atoms with Crippen LogP contribution >= 0.6 is 0 Å². The highest BCUT2D eigenvalue weighted by Crippen LogP contribution is 2.17. The van der Waals surface area contributed by atoms with E-state index in [4.69, 9.17) is 0 Å². The number of amides is 3. The van der Waals surface area contributed by atoms with E-state index >= 15 is 0 Å². The van der Waals surface area contributed by atoms with Crippen molar-refractivity contribution >= 4 is 17.9 Å². The van der Waals surface area contributed by atoms with Gasteiger partial charge in [0.2, 0.25) is 5.91 Å². The smallest absolute Gasteiger partial charge is 0.323 e. The van der Waals surface area contributed by atoms with Crippen LogP contribution in [0.3, 0.4) is 0 Å². The summed E-state index contributed by atoms with van der Waals surface area (Å²) in [7, 11) is 1.32. The summed E-state index contributed by atoms with van der Waals surface area (Å²) in [6.07, 6.45) is 3.01. The number of esters is 1. The summed E-state index contributed by atoms with van der Waals surface area (Å²) in [5.41, 5.74) is 0. The molecule has 1 aliphatic heterocycles. The molecule has 0 spiro atoms. The van der Waals surface area contributed by atoms with Crippen LogP contribution in [0.1, 0.15) is 12.8 Å². The number of rotatable bonds is 5. The molecular formula is C12H19N3O4. The minimum absolute atomic E-state index is 0.00127. The maximum absolute atomic E-state index is 11.6. The lowest BCUT2D eigenvalue weighted by Gasteiger charge is -2.21. The van der Waals surface area contributed by atoms with E-state index in [1.165, 1.54) is 13.2 Å². The SMILES string of the molecule is C=CCNC(=O)NC(=O)CN1CCCC1C(=O)OC. The Morgan fingerprint density at radius 2 is 2.21 bits per heavy atom. The summed E-state index contributed by atoms with van der Waals surface area (Å²) in [6, 6.07) is -0.967. The molecule has 0 aromatic carbocycles. The normalized spacial score (nSPS) is 18.7. The van der Waals surface area contributed by atoms with Gasteiger partial charge in [-0.15, -0.1) is 6.58 Å². The van der Waals surface area contributed by atoms with E-state index in [2.05, 4.69) is 21.9 Å². The maximum atomic E-state index is 11.6. The summed E-state index contributed by atoms with van der Waals surface area (Å²) in [5.74, 6) is -0.793. The lowest BCUT2D eigenvalue weighted by atomic mass is 10.2. The predicted molar refractivity (Wildman–Crippen MR) is 68.3 cm³/mol. The molecule has 1 unspecified atom stereocenters. The average molecular weight is 269 g/mol. The van der Waals surface area contributed by atoms with Crippen LogP contribution in [-0.2, 0) is 14.3 Å². The van der Waals surface area contributed by atoms with Crippen LogP contribution in [-0.4, -0.2) is 55.6 Å². The maximum Gasteiger partial charge on any atom is 0.323 e. The number of hydrogen-bond acceptors (Lipinski definition) is 5. The molecule has 19 heavy (non-hydrogen) atoms. The molecule has 1 aliphatic rings. The lowest BCUT2D eigenvalue weighted by molar-refractivity contribution is -0.146. The highest BCUT2D eigenvalue weighted by molar-refractivity contribution is 5.95. The van der Waals surface area contributed by atoms with E-state index < -0.39 is 18.0 Å². The molecular weight excluding hydrogens is 250 g/mol. The van der Waals surface area contributed by atoms with Crippen molar-refractivity contribution in [1.29, 1.82) is 0 Å². The second-order valence-corrected chi connectivity index (χ2v) is 4.20. The number of methoxy groups -OCH3 is 1. The molecule has 0 saturated carbocycles. The fourth-order valence-electron chi connectivity index (χ4n) is 1.98. The van der Waals surface area contributed by atoms with E-state index in [1.54, 1.807) is 4.90 Å². The molecule has 1 fully saturated rings. The van der Waals surface area contributed by atoms with Crippen molar-refractivity contribution in [3.8, 4) is 0 Å². The summed E-state index contributed by atoms with van der Waals surface area (Å²) in [6.45, 7) is 4.37. The summed E-state index contributed by atoms with van der Waals surface area (Å²) in [5, 5.41) is 4.62. The summed E-state index contributed by atoms with van der Waals surface area (Å²) < 4.78 is 4.68. The van der Waals surface area contributed by atoms with Crippen LogP contribution in [0.5, 0.6) is 0 Å². The zero-order valence-corrected chi connectivity index (χ0v) is 11.0. The number of ether oxygens (including phenoxy) is 1. The van der Waals surface area contributed by atoms with Crippen LogP contribution in [0.15, 0.2) is 12.7 Å². The predicted octanol–water partition coefficient (Wildman–Crippen LogP) is -0.364. The largest absolute Gasteiger partial charge is 0.468 e. The fraction of sp³-hybridized carbons (Fsp3) is 0.583. The van der Waals surface area contributed by atoms with Crippen LogP contribution in [0.25, 0.3) is 0 Å². The number of urea groups is 1. The van der Waals surface area contributed by atoms with Gasteiger partial charge in [-0.2, -0.15) is 0 Å². The first-order chi connectivity index (χ1) is 9.08. The van der Waals surface area contributed by atoms with E-state index in [0.717, 1.165) is 6.42 Å². The minimum Gasteiger partial charge on any atom is -0.468 e. The van der Waals surface area contributed by atoms with E-state index in [0.29, 0.717) is 13.0 Å². The lowest BCUT2D eigenvalue weighted by Crippen LogP contribution is -2.47. The third-order valence-electron chi connectivity index (χ3n) is 2.84. The van der Waals surface area contributed by atoms with E-state index in [9.17, 15) is 14.4 Å². The standard InChI is InChI=1S/C12H19N3O4/c1-3-6-13-12(18)14-10(16)8-15-7-4-5-9(15)11(17)19-2/h3,9H,1,4-8H2,2H3,(H2,13,14,16,18). The molecule has 0 bridgehead atoms. The van der Waals surface area contributed by atoms with Crippen molar-refractivity contribution in [2.45, 2.75) is 18.9 Å². The number of hydrogen-bond donors (Lipinski definition) is 2. The summed E-state index contributed by atoms with van der Waals surface area (Å²) in [4.78, 5) is 36.1.